The molecule has 230 valence electrons. The minimum atomic E-state index is 0.152. The summed E-state index contributed by atoms with van der Waals surface area (Å²) >= 11 is 0. The summed E-state index contributed by atoms with van der Waals surface area (Å²) in [6.07, 6.45) is 0. The van der Waals surface area contributed by atoms with Gasteiger partial charge in [-0.15, -0.1) is 0 Å². The van der Waals surface area contributed by atoms with Gasteiger partial charge in [-0.05, 0) is 83.6 Å². The standard InChI is InChI=1S/C23H17N.C16H16.C7H8/c1-16-10-13-21-20-8-4-5-9-22(20)24(23(21)14-16)19-12-11-17-6-2-3-7-18(17)15-19;1-11-8-9-15-13(10-11)12-6-4-5-7-14(12)16(15,2)3;1-7-5-3-2-4-6-7/h2-15H,1H3;4-10H,1-3H3;2-6H,1H3. The fourth-order valence-electron chi connectivity index (χ4n) is 7.04. The van der Waals surface area contributed by atoms with E-state index in [0.717, 1.165) is 0 Å². The van der Waals surface area contributed by atoms with E-state index in [1.807, 2.05) is 18.2 Å². The largest absolute Gasteiger partial charge is 0.309 e. The highest BCUT2D eigenvalue weighted by molar-refractivity contribution is 6.09. The van der Waals surface area contributed by atoms with Crippen LogP contribution in [0.3, 0.4) is 0 Å². The van der Waals surface area contributed by atoms with Crippen LogP contribution in [0.15, 0.2) is 158 Å². The van der Waals surface area contributed by atoms with E-state index < -0.39 is 0 Å². The lowest BCUT2D eigenvalue weighted by Crippen LogP contribution is -2.14. The van der Waals surface area contributed by atoms with Crippen LogP contribution in [0.2, 0.25) is 0 Å². The second-order valence-electron chi connectivity index (χ2n) is 13.3. The maximum Gasteiger partial charge on any atom is 0.0543 e. The molecule has 0 unspecified atom stereocenters. The predicted octanol–water partition coefficient (Wildman–Crippen LogP) is 12.5. The molecule has 0 atom stereocenters. The summed E-state index contributed by atoms with van der Waals surface area (Å²) < 4.78 is 2.38. The molecule has 0 aliphatic heterocycles. The van der Waals surface area contributed by atoms with Crippen molar-refractivity contribution in [2.75, 3.05) is 0 Å². The third-order valence-corrected chi connectivity index (χ3v) is 9.50. The van der Waals surface area contributed by atoms with Crippen molar-refractivity contribution in [3.05, 3.63) is 186 Å². The Kier molecular flexibility index (Phi) is 8.00. The lowest BCUT2D eigenvalue weighted by Gasteiger charge is -2.21. The molecule has 1 aliphatic carbocycles. The second kappa shape index (κ2) is 12.4. The van der Waals surface area contributed by atoms with Gasteiger partial charge in [0.1, 0.15) is 0 Å². The van der Waals surface area contributed by atoms with Crippen molar-refractivity contribution in [1.82, 2.24) is 4.57 Å². The van der Waals surface area contributed by atoms with E-state index in [9.17, 15) is 0 Å². The van der Waals surface area contributed by atoms with Crippen LogP contribution >= 0.6 is 0 Å². The van der Waals surface area contributed by atoms with Crippen LogP contribution in [0.5, 0.6) is 0 Å². The van der Waals surface area contributed by atoms with Crippen LogP contribution in [-0.2, 0) is 5.41 Å². The minimum absolute atomic E-state index is 0.152. The number of nitrogens with zero attached hydrogens (tertiary/aromatic N) is 1. The van der Waals surface area contributed by atoms with Gasteiger partial charge in [-0.3, -0.25) is 0 Å². The van der Waals surface area contributed by atoms with Crippen LogP contribution in [-0.4, -0.2) is 4.57 Å². The second-order valence-corrected chi connectivity index (χ2v) is 13.3. The molecule has 0 saturated carbocycles. The number of aryl methyl sites for hydroxylation is 3. The first-order chi connectivity index (χ1) is 22.8. The Balaban J connectivity index is 0.000000131. The van der Waals surface area contributed by atoms with Crippen molar-refractivity contribution in [1.29, 1.82) is 0 Å². The Morgan fingerprint density at radius 3 is 1.81 bits per heavy atom. The number of hydrogen-bond acceptors (Lipinski definition) is 0. The third-order valence-electron chi connectivity index (χ3n) is 9.50. The van der Waals surface area contributed by atoms with Crippen LogP contribution < -0.4 is 0 Å². The quantitative estimate of drug-likeness (QED) is 0.175. The van der Waals surface area contributed by atoms with E-state index in [2.05, 4.69) is 179 Å². The van der Waals surface area contributed by atoms with Crippen LogP contribution in [0.4, 0.5) is 0 Å². The minimum Gasteiger partial charge on any atom is -0.309 e. The lowest BCUT2D eigenvalue weighted by molar-refractivity contribution is 0.660. The topological polar surface area (TPSA) is 4.93 Å². The van der Waals surface area contributed by atoms with Gasteiger partial charge in [-0.25, -0.2) is 0 Å². The highest BCUT2D eigenvalue weighted by Gasteiger charge is 2.34. The van der Waals surface area contributed by atoms with Crippen molar-refractivity contribution < 1.29 is 0 Å². The average molecular weight is 608 g/mol. The Hall–Kier alpha value is -5.40. The van der Waals surface area contributed by atoms with Crippen molar-refractivity contribution in [2.24, 2.45) is 0 Å². The fraction of sp³-hybridized carbons (Fsp3) is 0.130. The van der Waals surface area contributed by atoms with E-state index >= 15 is 0 Å². The molecule has 0 saturated heterocycles. The average Bonchev–Trinajstić information content (AvgIpc) is 3.53. The number of hydrogen-bond donors (Lipinski definition) is 0. The van der Waals surface area contributed by atoms with Gasteiger partial charge in [0.15, 0.2) is 0 Å². The van der Waals surface area contributed by atoms with E-state index in [1.54, 1.807) is 0 Å². The molecule has 7 aromatic carbocycles. The number of benzene rings is 7. The molecule has 0 N–H and O–H groups in total. The Morgan fingerprint density at radius 1 is 0.404 bits per heavy atom. The highest BCUT2D eigenvalue weighted by Crippen LogP contribution is 2.48. The highest BCUT2D eigenvalue weighted by atomic mass is 15.0. The van der Waals surface area contributed by atoms with Crippen molar-refractivity contribution in [2.45, 2.75) is 40.0 Å². The number of para-hydroxylation sites is 1. The molecule has 1 heterocycles. The predicted molar refractivity (Wildman–Crippen MR) is 203 cm³/mol. The number of fused-ring (bicyclic) bond motifs is 7. The maximum absolute atomic E-state index is 2.38. The van der Waals surface area contributed by atoms with Crippen LogP contribution in [0.25, 0.3) is 49.4 Å². The molecule has 1 aliphatic rings. The van der Waals surface area contributed by atoms with E-state index in [4.69, 9.17) is 0 Å². The van der Waals surface area contributed by atoms with Crippen molar-refractivity contribution >= 4 is 32.6 Å². The van der Waals surface area contributed by atoms with Gasteiger partial charge in [-0.1, -0.05) is 158 Å². The Morgan fingerprint density at radius 2 is 1.02 bits per heavy atom. The normalized spacial score (nSPS) is 12.5. The zero-order chi connectivity index (χ0) is 32.5. The Bertz CT molecular complexity index is 2350. The van der Waals surface area contributed by atoms with Gasteiger partial charge < -0.3 is 4.57 Å². The summed E-state index contributed by atoms with van der Waals surface area (Å²) in [7, 11) is 0. The first-order valence-electron chi connectivity index (χ1n) is 16.5. The van der Waals surface area contributed by atoms with Gasteiger partial charge >= 0.3 is 0 Å². The molecule has 0 radical (unpaired) electrons. The van der Waals surface area contributed by atoms with Crippen molar-refractivity contribution in [3.63, 3.8) is 0 Å². The van der Waals surface area contributed by atoms with Gasteiger partial charge in [0.05, 0.1) is 11.0 Å². The third kappa shape index (κ3) is 5.75. The van der Waals surface area contributed by atoms with Gasteiger partial charge in [0.2, 0.25) is 0 Å². The summed E-state index contributed by atoms with van der Waals surface area (Å²) in [5.74, 6) is 0. The SMILES string of the molecule is Cc1ccc2c(c1)-c1ccccc1C2(C)C.Cc1ccc2c3ccccc3n(-c3ccc4ccccc4c3)c2c1.Cc1ccccc1. The molecule has 0 amide bonds. The molecule has 1 aromatic heterocycles. The molecular formula is C46H41N. The fourth-order valence-corrected chi connectivity index (χ4v) is 7.04. The van der Waals surface area contributed by atoms with E-state index in [0.29, 0.717) is 0 Å². The maximum atomic E-state index is 2.38. The molecule has 1 heteroatoms. The Labute approximate surface area is 278 Å². The molecule has 0 spiro atoms. The summed E-state index contributed by atoms with van der Waals surface area (Å²) in [4.78, 5) is 0. The lowest BCUT2D eigenvalue weighted by atomic mass is 9.82. The zero-order valence-electron chi connectivity index (χ0n) is 28.0. The van der Waals surface area contributed by atoms with E-state index in [1.165, 1.54) is 77.2 Å². The molecule has 47 heavy (non-hydrogen) atoms. The summed E-state index contributed by atoms with van der Waals surface area (Å²) in [5, 5.41) is 5.16. The summed E-state index contributed by atoms with van der Waals surface area (Å²) in [6, 6.07) is 56.4. The summed E-state index contributed by atoms with van der Waals surface area (Å²) in [5.41, 5.74) is 13.6. The number of rotatable bonds is 1. The summed E-state index contributed by atoms with van der Waals surface area (Å²) in [6.45, 7) is 11.0. The van der Waals surface area contributed by atoms with Gasteiger partial charge in [-0.2, -0.15) is 0 Å². The van der Waals surface area contributed by atoms with Crippen LogP contribution in [0, 0.1) is 20.8 Å². The first-order valence-corrected chi connectivity index (χ1v) is 16.5. The smallest absolute Gasteiger partial charge is 0.0543 e. The van der Waals surface area contributed by atoms with Gasteiger partial charge in [0, 0.05) is 21.9 Å². The van der Waals surface area contributed by atoms with Crippen molar-refractivity contribution in [3.8, 4) is 16.8 Å². The monoisotopic (exact) mass is 607 g/mol. The van der Waals surface area contributed by atoms with Gasteiger partial charge in [0.25, 0.3) is 0 Å². The zero-order valence-corrected chi connectivity index (χ0v) is 28.0. The molecule has 1 nitrogen and oxygen atoms in total. The molecule has 8 aromatic rings. The molecule has 9 rings (SSSR count). The molecule has 0 fully saturated rings. The molecule has 0 bridgehead atoms. The number of aromatic nitrogens is 1. The van der Waals surface area contributed by atoms with Crippen LogP contribution in [0.1, 0.15) is 41.7 Å². The molecular weight excluding hydrogens is 567 g/mol. The first kappa shape index (κ1) is 30.3. The van der Waals surface area contributed by atoms with E-state index in [-0.39, 0.29) is 5.41 Å².